The van der Waals surface area contributed by atoms with E-state index in [4.69, 9.17) is 4.74 Å². The predicted octanol–water partition coefficient (Wildman–Crippen LogP) is 5.04. The Morgan fingerprint density at radius 2 is 1.54 bits per heavy atom. The van der Waals surface area contributed by atoms with Gasteiger partial charge in [0.1, 0.15) is 5.75 Å². The third-order valence-corrected chi connectivity index (χ3v) is 4.56. The maximum Gasteiger partial charge on any atom is 0.258 e. The van der Waals surface area contributed by atoms with Crippen LogP contribution in [0.5, 0.6) is 5.75 Å². The van der Waals surface area contributed by atoms with E-state index in [-0.39, 0.29) is 18.6 Å². The molecule has 3 aromatic rings. The van der Waals surface area contributed by atoms with E-state index in [0.717, 1.165) is 15.6 Å². The highest BCUT2D eigenvalue weighted by molar-refractivity contribution is 9.10. The Morgan fingerprint density at radius 3 is 2.19 bits per heavy atom. The minimum atomic E-state index is -0.210. The van der Waals surface area contributed by atoms with Crippen molar-refractivity contribution in [3.8, 4) is 5.75 Å². The van der Waals surface area contributed by atoms with Gasteiger partial charge in [-0.3, -0.25) is 4.79 Å². The van der Waals surface area contributed by atoms with Crippen LogP contribution in [0.4, 0.5) is 0 Å². The van der Waals surface area contributed by atoms with Gasteiger partial charge in [0, 0.05) is 4.47 Å². The zero-order valence-electron chi connectivity index (χ0n) is 14.5. The lowest BCUT2D eigenvalue weighted by atomic mass is 9.98. The van der Waals surface area contributed by atoms with Crippen LogP contribution in [-0.4, -0.2) is 12.5 Å². The first-order valence-corrected chi connectivity index (χ1v) is 9.20. The smallest absolute Gasteiger partial charge is 0.258 e. The van der Waals surface area contributed by atoms with Crippen LogP contribution in [-0.2, 0) is 4.79 Å². The van der Waals surface area contributed by atoms with E-state index in [0.29, 0.717) is 5.75 Å². The highest BCUT2D eigenvalue weighted by Crippen LogP contribution is 2.22. The molecule has 0 aliphatic heterocycles. The second kappa shape index (κ2) is 8.68. The van der Waals surface area contributed by atoms with Gasteiger partial charge in [-0.2, -0.15) is 0 Å². The third-order valence-electron chi connectivity index (χ3n) is 4.03. The van der Waals surface area contributed by atoms with Crippen molar-refractivity contribution >= 4 is 21.8 Å². The van der Waals surface area contributed by atoms with Crippen LogP contribution in [0.1, 0.15) is 22.7 Å². The van der Waals surface area contributed by atoms with Crippen LogP contribution in [0.2, 0.25) is 0 Å². The standard InChI is InChI=1S/C22H20BrNO2/c1-16-7-9-18(10-8-16)22(17-5-3-2-4-6-17)24-21(25)15-26-20-13-11-19(23)12-14-20/h2-14,22H,15H2,1H3,(H,24,25). The maximum absolute atomic E-state index is 12.5. The molecule has 0 radical (unpaired) electrons. The van der Waals surface area contributed by atoms with Crippen molar-refractivity contribution in [2.24, 2.45) is 0 Å². The summed E-state index contributed by atoms with van der Waals surface area (Å²) in [6.45, 7) is 2.02. The number of carbonyl (C=O) groups is 1. The summed E-state index contributed by atoms with van der Waals surface area (Å²) in [6, 6.07) is 25.3. The molecule has 1 atom stereocenters. The monoisotopic (exact) mass is 409 g/mol. The van der Waals surface area contributed by atoms with Crippen LogP contribution in [0, 0.1) is 6.92 Å². The van der Waals surface area contributed by atoms with Gasteiger partial charge in [0.05, 0.1) is 6.04 Å². The number of rotatable bonds is 6. The summed E-state index contributed by atoms with van der Waals surface area (Å²) < 4.78 is 6.55. The molecule has 3 nitrogen and oxygen atoms in total. The third kappa shape index (κ3) is 4.96. The van der Waals surface area contributed by atoms with E-state index in [1.807, 2.05) is 73.7 Å². The van der Waals surface area contributed by atoms with Crippen molar-refractivity contribution in [1.29, 1.82) is 0 Å². The molecule has 3 aromatic carbocycles. The second-order valence-corrected chi connectivity index (χ2v) is 6.98. The van der Waals surface area contributed by atoms with Gasteiger partial charge in [0.15, 0.2) is 6.61 Å². The van der Waals surface area contributed by atoms with Crippen LogP contribution in [0.3, 0.4) is 0 Å². The van der Waals surface area contributed by atoms with Gasteiger partial charge in [0.25, 0.3) is 5.91 Å². The number of amides is 1. The molecule has 0 saturated carbocycles. The fourth-order valence-electron chi connectivity index (χ4n) is 2.65. The Labute approximate surface area is 162 Å². The molecule has 1 N–H and O–H groups in total. The van der Waals surface area contributed by atoms with Crippen molar-refractivity contribution in [2.75, 3.05) is 6.61 Å². The van der Waals surface area contributed by atoms with E-state index in [1.165, 1.54) is 5.56 Å². The van der Waals surface area contributed by atoms with E-state index in [9.17, 15) is 4.79 Å². The Kier molecular flexibility index (Phi) is 6.08. The molecule has 0 aliphatic carbocycles. The minimum Gasteiger partial charge on any atom is -0.484 e. The molecule has 1 amide bonds. The molecule has 0 spiro atoms. The predicted molar refractivity (Wildman–Crippen MR) is 107 cm³/mol. The first kappa shape index (κ1) is 18.2. The quantitative estimate of drug-likeness (QED) is 0.618. The molecule has 0 fully saturated rings. The minimum absolute atomic E-state index is 0.0309. The molecule has 4 heteroatoms. The first-order chi connectivity index (χ1) is 12.6. The number of ether oxygens (including phenoxy) is 1. The van der Waals surface area contributed by atoms with Crippen LogP contribution in [0.25, 0.3) is 0 Å². The molecule has 0 aliphatic rings. The van der Waals surface area contributed by atoms with Crippen molar-refractivity contribution in [2.45, 2.75) is 13.0 Å². The zero-order chi connectivity index (χ0) is 18.4. The highest BCUT2D eigenvalue weighted by Gasteiger charge is 2.17. The molecule has 3 rings (SSSR count). The number of hydrogen-bond donors (Lipinski definition) is 1. The summed E-state index contributed by atoms with van der Waals surface area (Å²) in [5.74, 6) is 0.497. The van der Waals surface area contributed by atoms with Crippen molar-refractivity contribution < 1.29 is 9.53 Å². The number of aryl methyl sites for hydroxylation is 1. The molecule has 26 heavy (non-hydrogen) atoms. The number of halogens is 1. The molecule has 0 heterocycles. The van der Waals surface area contributed by atoms with Gasteiger partial charge in [-0.15, -0.1) is 0 Å². The van der Waals surface area contributed by atoms with Gasteiger partial charge >= 0.3 is 0 Å². The Hall–Kier alpha value is -2.59. The molecular formula is C22H20BrNO2. The summed E-state index contributed by atoms with van der Waals surface area (Å²) in [5, 5.41) is 3.08. The number of carbonyl (C=O) groups excluding carboxylic acids is 1. The Bertz CT molecular complexity index is 846. The molecule has 0 saturated heterocycles. The van der Waals surface area contributed by atoms with E-state index < -0.39 is 0 Å². The topological polar surface area (TPSA) is 38.3 Å². The van der Waals surface area contributed by atoms with Crippen LogP contribution >= 0.6 is 15.9 Å². The lowest BCUT2D eigenvalue weighted by Crippen LogP contribution is -2.33. The molecule has 0 bridgehead atoms. The molecular weight excluding hydrogens is 390 g/mol. The average molecular weight is 410 g/mol. The van der Waals surface area contributed by atoms with Crippen molar-refractivity contribution in [1.82, 2.24) is 5.32 Å². The number of hydrogen-bond acceptors (Lipinski definition) is 2. The van der Waals surface area contributed by atoms with Gasteiger partial charge in [-0.05, 0) is 42.3 Å². The lowest BCUT2D eigenvalue weighted by molar-refractivity contribution is -0.123. The van der Waals surface area contributed by atoms with E-state index in [1.54, 1.807) is 0 Å². The second-order valence-electron chi connectivity index (χ2n) is 6.06. The highest BCUT2D eigenvalue weighted by atomic mass is 79.9. The van der Waals surface area contributed by atoms with Crippen molar-refractivity contribution in [3.63, 3.8) is 0 Å². The maximum atomic E-state index is 12.5. The largest absolute Gasteiger partial charge is 0.484 e. The van der Waals surface area contributed by atoms with E-state index >= 15 is 0 Å². The first-order valence-electron chi connectivity index (χ1n) is 8.41. The van der Waals surface area contributed by atoms with Crippen LogP contribution < -0.4 is 10.1 Å². The van der Waals surface area contributed by atoms with Gasteiger partial charge in [0.2, 0.25) is 0 Å². The summed E-state index contributed by atoms with van der Waals surface area (Å²) in [6.07, 6.45) is 0. The summed E-state index contributed by atoms with van der Waals surface area (Å²) in [4.78, 5) is 12.5. The van der Waals surface area contributed by atoms with Crippen LogP contribution in [0.15, 0.2) is 83.3 Å². The lowest BCUT2D eigenvalue weighted by Gasteiger charge is -2.20. The van der Waals surface area contributed by atoms with Gasteiger partial charge < -0.3 is 10.1 Å². The van der Waals surface area contributed by atoms with Crippen molar-refractivity contribution in [3.05, 3.63) is 100 Å². The summed E-state index contributed by atoms with van der Waals surface area (Å²) >= 11 is 3.38. The summed E-state index contributed by atoms with van der Waals surface area (Å²) in [7, 11) is 0. The van der Waals surface area contributed by atoms with Gasteiger partial charge in [-0.1, -0.05) is 76.1 Å². The zero-order valence-corrected chi connectivity index (χ0v) is 16.1. The SMILES string of the molecule is Cc1ccc(C(NC(=O)COc2ccc(Br)cc2)c2ccccc2)cc1. The number of nitrogens with one attached hydrogen (secondary N) is 1. The summed E-state index contributed by atoms with van der Waals surface area (Å²) in [5.41, 5.74) is 3.26. The molecule has 0 aromatic heterocycles. The Balaban J connectivity index is 1.71. The fraction of sp³-hybridized carbons (Fsp3) is 0.136. The Morgan fingerprint density at radius 1 is 0.923 bits per heavy atom. The van der Waals surface area contributed by atoms with E-state index in [2.05, 4.69) is 33.4 Å². The number of benzene rings is 3. The molecule has 1 unspecified atom stereocenters. The normalized spacial score (nSPS) is 11.6. The average Bonchev–Trinajstić information content (AvgIpc) is 2.67. The molecule has 132 valence electrons. The fourth-order valence-corrected chi connectivity index (χ4v) is 2.91. The van der Waals surface area contributed by atoms with Gasteiger partial charge in [-0.25, -0.2) is 0 Å².